The highest BCUT2D eigenvalue weighted by Crippen LogP contribution is 2.23. The SMILES string of the molecule is CCCC(C(=O)NC=O)N(C=O)C(=O)c1cc(OCCCCCN2CCC(OC3CN(C(=O)OC(C)(C)C)C3)CC2)ccc1C. The van der Waals surface area contributed by atoms with Gasteiger partial charge in [0.05, 0.1) is 31.9 Å². The van der Waals surface area contributed by atoms with Crippen molar-refractivity contribution in [2.75, 3.05) is 39.3 Å². The minimum Gasteiger partial charge on any atom is -0.494 e. The molecule has 1 aromatic carbocycles. The lowest BCUT2D eigenvalue weighted by Gasteiger charge is -2.42. The van der Waals surface area contributed by atoms with Crippen molar-refractivity contribution < 1.29 is 38.2 Å². The lowest BCUT2D eigenvalue weighted by atomic mass is 10.0. The maximum Gasteiger partial charge on any atom is 0.410 e. The second kappa shape index (κ2) is 17.3. The molecular weight excluding hydrogens is 580 g/mol. The van der Waals surface area contributed by atoms with Crippen molar-refractivity contribution in [2.45, 2.75) is 103 Å². The zero-order chi connectivity index (χ0) is 33.0. The van der Waals surface area contributed by atoms with Crippen molar-refractivity contribution in [1.82, 2.24) is 20.0 Å². The van der Waals surface area contributed by atoms with Crippen molar-refractivity contribution >= 4 is 30.7 Å². The Labute approximate surface area is 266 Å². The normalized spacial score (nSPS) is 16.8. The molecule has 0 saturated carbocycles. The first-order valence-electron chi connectivity index (χ1n) is 16.1. The topological polar surface area (TPSA) is 135 Å². The molecule has 12 nitrogen and oxygen atoms in total. The van der Waals surface area contributed by atoms with E-state index in [2.05, 4.69) is 4.90 Å². The molecule has 0 spiro atoms. The maximum absolute atomic E-state index is 13.2. The fourth-order valence-electron chi connectivity index (χ4n) is 5.49. The van der Waals surface area contributed by atoms with Gasteiger partial charge in [-0.2, -0.15) is 0 Å². The third-order valence-corrected chi connectivity index (χ3v) is 8.00. The van der Waals surface area contributed by atoms with Crippen LogP contribution in [0.3, 0.4) is 0 Å². The van der Waals surface area contributed by atoms with E-state index in [1.54, 1.807) is 30.0 Å². The van der Waals surface area contributed by atoms with E-state index in [4.69, 9.17) is 14.2 Å². The summed E-state index contributed by atoms with van der Waals surface area (Å²) in [5, 5.41) is 2.05. The van der Waals surface area contributed by atoms with Gasteiger partial charge in [0.25, 0.3) is 5.91 Å². The molecule has 1 atom stereocenters. The zero-order valence-corrected chi connectivity index (χ0v) is 27.4. The summed E-state index contributed by atoms with van der Waals surface area (Å²) in [5.74, 6) is -0.795. The summed E-state index contributed by atoms with van der Waals surface area (Å²) in [6, 6.07) is 4.05. The van der Waals surface area contributed by atoms with Crippen LogP contribution in [0.1, 0.15) is 88.6 Å². The van der Waals surface area contributed by atoms with Gasteiger partial charge in [0.1, 0.15) is 17.4 Å². The van der Waals surface area contributed by atoms with Gasteiger partial charge in [0.2, 0.25) is 18.7 Å². The van der Waals surface area contributed by atoms with Gasteiger partial charge in [-0.25, -0.2) is 4.79 Å². The third-order valence-electron chi connectivity index (χ3n) is 8.00. The van der Waals surface area contributed by atoms with Crippen molar-refractivity contribution in [2.24, 2.45) is 0 Å². The molecular formula is C33H50N4O8. The predicted octanol–water partition coefficient (Wildman–Crippen LogP) is 3.68. The van der Waals surface area contributed by atoms with E-state index in [1.165, 1.54) is 0 Å². The summed E-state index contributed by atoms with van der Waals surface area (Å²) in [5.41, 5.74) is 0.428. The second-order valence-corrected chi connectivity index (χ2v) is 12.8. The number of likely N-dealkylation sites (tertiary alicyclic amines) is 2. The monoisotopic (exact) mass is 630 g/mol. The molecule has 0 aliphatic carbocycles. The first kappa shape index (κ1) is 36.0. The van der Waals surface area contributed by atoms with Crippen LogP contribution < -0.4 is 10.1 Å². The Morgan fingerprint density at radius 3 is 2.40 bits per heavy atom. The molecule has 2 aliphatic heterocycles. The van der Waals surface area contributed by atoms with Gasteiger partial charge >= 0.3 is 6.09 Å². The highest BCUT2D eigenvalue weighted by molar-refractivity contribution is 6.05. The number of hydrogen-bond acceptors (Lipinski definition) is 9. The lowest BCUT2D eigenvalue weighted by Crippen LogP contribution is -2.57. The number of benzene rings is 1. The smallest absolute Gasteiger partial charge is 0.410 e. The zero-order valence-electron chi connectivity index (χ0n) is 27.4. The quantitative estimate of drug-likeness (QED) is 0.214. The van der Waals surface area contributed by atoms with Crippen molar-refractivity contribution in [1.29, 1.82) is 0 Å². The summed E-state index contributed by atoms with van der Waals surface area (Å²) in [6.45, 7) is 13.9. The van der Waals surface area contributed by atoms with Crippen LogP contribution in [0.2, 0.25) is 0 Å². The molecule has 45 heavy (non-hydrogen) atoms. The Morgan fingerprint density at radius 2 is 1.78 bits per heavy atom. The lowest BCUT2D eigenvalue weighted by molar-refractivity contribution is -0.133. The Kier molecular flexibility index (Phi) is 13.8. The van der Waals surface area contributed by atoms with Crippen LogP contribution in [0, 0.1) is 6.92 Å². The van der Waals surface area contributed by atoms with Crippen molar-refractivity contribution in [3.05, 3.63) is 29.3 Å². The highest BCUT2D eigenvalue weighted by atomic mass is 16.6. The number of unbranched alkanes of at least 4 members (excludes halogenated alkanes) is 2. The molecule has 1 N–H and O–H groups in total. The van der Waals surface area contributed by atoms with E-state index >= 15 is 0 Å². The van der Waals surface area contributed by atoms with Gasteiger partial charge in [-0.3, -0.25) is 29.4 Å². The number of amides is 5. The van der Waals surface area contributed by atoms with Crippen molar-refractivity contribution in [3.63, 3.8) is 0 Å². The number of hydrogen-bond donors (Lipinski definition) is 1. The van der Waals surface area contributed by atoms with E-state index in [0.717, 1.165) is 56.6 Å². The summed E-state index contributed by atoms with van der Waals surface area (Å²) in [4.78, 5) is 65.3. The van der Waals surface area contributed by atoms with E-state index in [-0.39, 0.29) is 36.7 Å². The molecule has 0 radical (unpaired) electrons. The largest absolute Gasteiger partial charge is 0.494 e. The Morgan fingerprint density at radius 1 is 1.07 bits per heavy atom. The van der Waals surface area contributed by atoms with E-state index in [1.807, 2.05) is 33.0 Å². The van der Waals surface area contributed by atoms with Gasteiger partial charge in [0, 0.05) is 18.7 Å². The maximum atomic E-state index is 13.2. The standard InChI is InChI=1S/C33H50N4O8/c1-6-10-29(30(40)34-22-38)37(23-39)31(41)28-19-26(12-11-24(28)2)43-18-9-7-8-15-35-16-13-25(14-17-35)44-27-20-36(21-27)32(42)45-33(3,4)5/h11-12,19,22-23,25,27,29H,6-10,13-18,20-21H2,1-5H3,(H,34,38,40). The molecule has 12 heteroatoms. The summed E-state index contributed by atoms with van der Waals surface area (Å²) in [7, 11) is 0. The van der Waals surface area contributed by atoms with Crippen LogP contribution in [0.15, 0.2) is 18.2 Å². The molecule has 2 fully saturated rings. The fraction of sp³-hybridized carbons (Fsp3) is 0.667. The number of rotatable bonds is 16. The molecule has 2 heterocycles. The number of piperidine rings is 1. The van der Waals surface area contributed by atoms with Crippen LogP contribution in [-0.2, 0) is 23.9 Å². The Balaban J connectivity index is 1.34. The summed E-state index contributed by atoms with van der Waals surface area (Å²) < 4.78 is 17.5. The minimum absolute atomic E-state index is 0.0913. The first-order valence-corrected chi connectivity index (χ1v) is 16.1. The summed E-state index contributed by atoms with van der Waals surface area (Å²) >= 11 is 0. The molecule has 0 aromatic heterocycles. The number of nitrogens with one attached hydrogen (secondary N) is 1. The van der Waals surface area contributed by atoms with Gasteiger partial charge in [-0.15, -0.1) is 0 Å². The minimum atomic E-state index is -1.08. The molecule has 5 amide bonds. The Hall–Kier alpha value is -3.51. The van der Waals surface area contributed by atoms with Crippen molar-refractivity contribution in [3.8, 4) is 5.75 Å². The molecule has 250 valence electrons. The number of carbonyl (C=O) groups is 5. The third kappa shape index (κ3) is 11.1. The molecule has 2 saturated heterocycles. The van der Waals surface area contributed by atoms with Gasteiger partial charge in [0.15, 0.2) is 0 Å². The molecule has 3 rings (SSSR count). The molecule has 1 aromatic rings. The first-order chi connectivity index (χ1) is 21.4. The van der Waals surface area contributed by atoms with E-state index in [0.29, 0.717) is 43.8 Å². The van der Waals surface area contributed by atoms with Crippen LogP contribution in [0.4, 0.5) is 4.79 Å². The molecule has 2 aliphatic rings. The second-order valence-electron chi connectivity index (χ2n) is 12.8. The highest BCUT2D eigenvalue weighted by Gasteiger charge is 2.36. The van der Waals surface area contributed by atoms with E-state index in [9.17, 15) is 24.0 Å². The molecule has 1 unspecified atom stereocenters. The average molecular weight is 631 g/mol. The van der Waals surface area contributed by atoms with Gasteiger partial charge < -0.3 is 24.0 Å². The fourth-order valence-corrected chi connectivity index (χ4v) is 5.49. The number of nitrogens with zero attached hydrogens (tertiary/aromatic N) is 3. The van der Waals surface area contributed by atoms with Crippen LogP contribution >= 0.6 is 0 Å². The molecule has 0 bridgehead atoms. The van der Waals surface area contributed by atoms with Crippen LogP contribution in [0.5, 0.6) is 5.75 Å². The van der Waals surface area contributed by atoms with Crippen LogP contribution in [-0.4, -0.2) is 109 Å². The van der Waals surface area contributed by atoms with Crippen LogP contribution in [0.25, 0.3) is 0 Å². The van der Waals surface area contributed by atoms with Gasteiger partial charge in [-0.1, -0.05) is 19.4 Å². The number of imide groups is 2. The number of aryl methyl sites for hydroxylation is 1. The number of carbonyl (C=O) groups excluding carboxylic acids is 5. The summed E-state index contributed by atoms with van der Waals surface area (Å²) in [6.07, 6.45) is 6.30. The Bertz CT molecular complexity index is 1160. The predicted molar refractivity (Wildman–Crippen MR) is 168 cm³/mol. The number of ether oxygens (including phenoxy) is 3. The van der Waals surface area contributed by atoms with Gasteiger partial charge in [-0.05, 0) is 90.5 Å². The van der Waals surface area contributed by atoms with E-state index < -0.39 is 23.5 Å². The average Bonchev–Trinajstić information content (AvgIpc) is 2.97.